The van der Waals surface area contributed by atoms with Gasteiger partial charge in [-0.3, -0.25) is 28.8 Å². The van der Waals surface area contributed by atoms with Gasteiger partial charge in [0, 0.05) is 36.6 Å². The fraction of sp³-hybridized carbons (Fsp3) is 0.604. The number of piperazine rings is 1. The molecule has 2 bridgehead atoms. The van der Waals surface area contributed by atoms with E-state index in [0.29, 0.717) is 62.2 Å². The molecule has 19 nitrogen and oxygen atoms in total. The van der Waals surface area contributed by atoms with Crippen molar-refractivity contribution in [3.8, 4) is 5.75 Å². The number of ether oxygens (including phenoxy) is 5. The van der Waals surface area contributed by atoms with Crippen molar-refractivity contribution in [1.82, 2.24) is 15.5 Å². The van der Waals surface area contributed by atoms with Gasteiger partial charge in [0.15, 0.2) is 5.78 Å². The Morgan fingerprint density at radius 2 is 1.36 bits per heavy atom. The number of esters is 1. The van der Waals surface area contributed by atoms with Crippen LogP contribution in [0.1, 0.15) is 64.4 Å². The van der Waals surface area contributed by atoms with Crippen LogP contribution in [-0.2, 0) is 54.3 Å². The number of carbonyl (C=O) groups excluding carboxylic acids is 6. The molecule has 2 aromatic carbocycles. The van der Waals surface area contributed by atoms with E-state index in [9.17, 15) is 60.6 Å². The number of nitrogens with two attached hydrogens (primary N) is 1. The molecule has 0 radical (unpaired) electrons. The van der Waals surface area contributed by atoms with Crippen molar-refractivity contribution in [2.75, 3.05) is 84.7 Å². The molecule has 0 aliphatic carbocycles. The number of hydrogen-bond acceptors (Lipinski definition) is 12. The minimum absolute atomic E-state index is 0.0157. The number of rotatable bonds is 28. The highest BCUT2D eigenvalue weighted by molar-refractivity contribution is 5.97. The Morgan fingerprint density at radius 3 is 1.93 bits per heavy atom. The Hall–Kier alpha value is -5.82. The first-order valence-corrected chi connectivity index (χ1v) is 23.9. The molecule has 0 spiro atoms. The number of fused-ring (bicyclic) bond motifs is 2. The molecule has 3 heterocycles. The van der Waals surface area contributed by atoms with Gasteiger partial charge in [-0.25, -0.2) is 18.0 Å². The molecule has 4 unspecified atom stereocenters. The monoisotopic (exact) mass is 1030 g/mol. The standard InChI is InChI=1S/C48H63F5N6O13/c1-27(2)43(57-34(61)12-19-68-21-23-70-24-22-69-20-13-35(62)72-44-41(52)39(50)38(49)40(51)42(44)53)31(60)25-29(5-4-14-55-48(54)67)45(63)56-30-8-6-28(7-9-30)26-59(3)17-15-58(16-18-59)46(64)36-32-10-11-33(71-32)37(36)47(65)66/h6-9,27,29,32-33,36-37,43H,4-5,10-26H2,1-3H3,(H5-,54,55,56,57,61,63,65,66,67)/p+1/t29-,32?,33?,36?,37?,43+/m1/s1. The van der Waals surface area contributed by atoms with Crippen LogP contribution in [0.4, 0.5) is 32.4 Å². The third kappa shape index (κ3) is 15.8. The van der Waals surface area contributed by atoms with Crippen molar-refractivity contribution in [3.05, 3.63) is 58.9 Å². The molecule has 0 saturated carbocycles. The van der Waals surface area contributed by atoms with Crippen LogP contribution in [0.5, 0.6) is 5.75 Å². The predicted octanol–water partition coefficient (Wildman–Crippen LogP) is 3.59. The zero-order valence-electron chi connectivity index (χ0n) is 40.5. The lowest BCUT2D eigenvalue weighted by atomic mass is 9.78. The smallest absolute Gasteiger partial charge is 0.313 e. The molecule has 3 fully saturated rings. The summed E-state index contributed by atoms with van der Waals surface area (Å²) in [5.41, 5.74) is 6.71. The van der Waals surface area contributed by atoms with Crippen LogP contribution in [0.15, 0.2) is 24.3 Å². The van der Waals surface area contributed by atoms with Crippen molar-refractivity contribution in [1.29, 1.82) is 0 Å². The summed E-state index contributed by atoms with van der Waals surface area (Å²) in [6.07, 6.45) is 0.289. The number of carbonyl (C=O) groups is 7. The summed E-state index contributed by atoms with van der Waals surface area (Å²) >= 11 is 0. The largest absolute Gasteiger partial charge is 0.481 e. The number of likely N-dealkylation sites (N-methyl/N-ethyl adjacent to an activating group) is 1. The summed E-state index contributed by atoms with van der Waals surface area (Å²) in [6.45, 7) is 6.49. The molecule has 3 aliphatic heterocycles. The van der Waals surface area contributed by atoms with Crippen LogP contribution >= 0.6 is 0 Å². The summed E-state index contributed by atoms with van der Waals surface area (Å²) < 4.78 is 93.9. The Kier molecular flexibility index (Phi) is 21.2. The molecular formula is C48H64F5N6O13+. The fourth-order valence-corrected chi connectivity index (χ4v) is 9.04. The van der Waals surface area contributed by atoms with Gasteiger partial charge in [-0.2, -0.15) is 8.78 Å². The first kappa shape index (κ1) is 57.1. The second kappa shape index (κ2) is 26.8. The highest BCUT2D eigenvalue weighted by atomic mass is 19.2. The lowest BCUT2D eigenvalue weighted by Crippen LogP contribution is -2.59. The maximum atomic E-state index is 13.7. The number of halogens is 5. The molecule has 5 rings (SSSR count). The molecule has 3 aliphatic rings. The number of anilines is 1. The number of hydrogen-bond donors (Lipinski definition) is 5. The minimum atomic E-state index is -2.39. The number of nitrogens with one attached hydrogen (secondary N) is 3. The average Bonchev–Trinajstić information content (AvgIpc) is 3.97. The Labute approximate surface area is 413 Å². The van der Waals surface area contributed by atoms with Gasteiger partial charge in [0.2, 0.25) is 52.6 Å². The minimum Gasteiger partial charge on any atom is -0.481 e. The van der Waals surface area contributed by atoms with E-state index in [0.717, 1.165) is 5.56 Å². The second-order valence-electron chi connectivity index (χ2n) is 18.7. The van der Waals surface area contributed by atoms with Crippen LogP contribution in [0.3, 0.4) is 0 Å². The van der Waals surface area contributed by atoms with Gasteiger partial charge in [-0.1, -0.05) is 26.0 Å². The number of carboxylic acid groups (broad SMARTS) is 1. The van der Waals surface area contributed by atoms with Gasteiger partial charge >= 0.3 is 18.0 Å². The second-order valence-corrected chi connectivity index (χ2v) is 18.7. The van der Waals surface area contributed by atoms with Crippen LogP contribution < -0.4 is 26.4 Å². The number of urea groups is 1. The maximum absolute atomic E-state index is 13.7. The number of ketones is 1. The van der Waals surface area contributed by atoms with Gasteiger partial charge in [0.1, 0.15) is 6.54 Å². The first-order chi connectivity index (χ1) is 34.2. The van der Waals surface area contributed by atoms with E-state index in [-0.39, 0.29) is 89.2 Å². The van der Waals surface area contributed by atoms with Crippen LogP contribution in [-0.4, -0.2) is 154 Å². The molecule has 398 valence electrons. The number of aliphatic carboxylic acids is 1. The molecule has 3 saturated heterocycles. The Balaban J connectivity index is 1.00. The van der Waals surface area contributed by atoms with Gasteiger partial charge in [-0.15, -0.1) is 0 Å². The van der Waals surface area contributed by atoms with E-state index >= 15 is 0 Å². The van der Waals surface area contributed by atoms with Crippen LogP contribution in [0.25, 0.3) is 0 Å². The van der Waals surface area contributed by atoms with Crippen molar-refractivity contribution in [2.45, 2.75) is 83.6 Å². The van der Waals surface area contributed by atoms with Crippen molar-refractivity contribution < 1.29 is 88.8 Å². The molecule has 0 aromatic heterocycles. The number of Topliss-reactive ketones (excluding diaryl/α,β-unsaturated/α-hetero) is 1. The average molecular weight is 1030 g/mol. The summed E-state index contributed by atoms with van der Waals surface area (Å²) in [5.74, 6) is -19.5. The highest BCUT2D eigenvalue weighted by Crippen LogP contribution is 2.44. The van der Waals surface area contributed by atoms with Gasteiger partial charge in [0.05, 0.1) is 109 Å². The highest BCUT2D eigenvalue weighted by Gasteiger charge is 2.56. The van der Waals surface area contributed by atoms with E-state index in [2.05, 4.69) is 27.7 Å². The molecule has 5 amide bonds. The molecule has 72 heavy (non-hydrogen) atoms. The van der Waals surface area contributed by atoms with E-state index < -0.39 is 101 Å². The number of primary amides is 1. The predicted molar refractivity (Wildman–Crippen MR) is 244 cm³/mol. The number of carboxylic acids is 1. The molecule has 6 N–H and O–H groups in total. The summed E-state index contributed by atoms with van der Waals surface area (Å²) in [4.78, 5) is 90.7. The van der Waals surface area contributed by atoms with Crippen molar-refractivity contribution in [3.63, 3.8) is 0 Å². The number of benzene rings is 2. The van der Waals surface area contributed by atoms with E-state index in [1.54, 1.807) is 30.9 Å². The topological polar surface area (TPSA) is 251 Å². The number of quaternary nitrogens is 1. The lowest BCUT2D eigenvalue weighted by Gasteiger charge is -2.43. The van der Waals surface area contributed by atoms with Crippen molar-refractivity contribution in [2.24, 2.45) is 29.4 Å². The number of amides is 5. The zero-order valence-corrected chi connectivity index (χ0v) is 40.5. The molecule has 6 atom stereocenters. The van der Waals surface area contributed by atoms with E-state index in [1.807, 2.05) is 12.1 Å². The zero-order chi connectivity index (χ0) is 52.7. The third-order valence-electron chi connectivity index (χ3n) is 13.0. The summed E-state index contributed by atoms with van der Waals surface area (Å²) in [5, 5.41) is 17.9. The third-order valence-corrected chi connectivity index (χ3v) is 13.0. The molecule has 24 heteroatoms. The Bertz CT molecular complexity index is 2220. The van der Waals surface area contributed by atoms with Gasteiger partial charge < -0.3 is 59.9 Å². The Morgan fingerprint density at radius 1 is 0.806 bits per heavy atom. The SMILES string of the molecule is CC(C)[C@H](NC(=O)CCOCCOCCOCCC(=O)Oc1c(F)c(F)c(F)c(F)c1F)C(=O)C[C@@H](CCCNC(N)=O)C(=O)Nc1ccc(C[N+]2(C)CCN(C(=O)C3C4CCC(O4)C3C(=O)O)CC2)cc1. The summed E-state index contributed by atoms with van der Waals surface area (Å²) in [7, 11) is 2.10. The number of nitrogens with zero attached hydrogens (tertiary/aromatic N) is 2. The molecule has 2 aromatic rings. The molecular weight excluding hydrogens is 964 g/mol. The van der Waals surface area contributed by atoms with Crippen LogP contribution in [0.2, 0.25) is 0 Å². The fourth-order valence-electron chi connectivity index (χ4n) is 9.04. The normalized spacial score (nSPS) is 19.9. The first-order valence-electron chi connectivity index (χ1n) is 23.9. The van der Waals surface area contributed by atoms with E-state index in [1.165, 1.54) is 0 Å². The van der Waals surface area contributed by atoms with Gasteiger partial charge in [0.25, 0.3) is 0 Å². The summed E-state index contributed by atoms with van der Waals surface area (Å²) in [6, 6.07) is 5.69. The van der Waals surface area contributed by atoms with Gasteiger partial charge in [-0.05, 0) is 43.7 Å². The van der Waals surface area contributed by atoms with E-state index in [4.69, 9.17) is 24.7 Å². The van der Waals surface area contributed by atoms with Crippen molar-refractivity contribution >= 4 is 47.2 Å². The maximum Gasteiger partial charge on any atom is 0.313 e. The van der Waals surface area contributed by atoms with Crippen LogP contribution in [0, 0.1) is 52.8 Å². The quantitative estimate of drug-likeness (QED) is 0.0156. The lowest BCUT2D eigenvalue weighted by molar-refractivity contribution is -0.926.